The van der Waals surface area contributed by atoms with Crippen LogP contribution in [0.3, 0.4) is 0 Å². The summed E-state index contributed by atoms with van der Waals surface area (Å²) in [6, 6.07) is 74.0. The lowest BCUT2D eigenvalue weighted by Crippen LogP contribution is -2.09. The van der Waals surface area contributed by atoms with E-state index in [1.54, 1.807) is 19.2 Å². The first-order valence-corrected chi connectivity index (χ1v) is 51.9. The minimum absolute atomic E-state index is 0.161. The Labute approximate surface area is 811 Å². The molecule has 0 spiro atoms. The fourth-order valence-electron chi connectivity index (χ4n) is 16.3. The van der Waals surface area contributed by atoms with Crippen LogP contribution in [0.4, 0.5) is 0 Å². The summed E-state index contributed by atoms with van der Waals surface area (Å²) in [6.07, 6.45) is 51.7. The van der Waals surface area contributed by atoms with Crippen LogP contribution in [0, 0.1) is 0 Å². The van der Waals surface area contributed by atoms with Gasteiger partial charge in [0.15, 0.2) is 23.0 Å². The van der Waals surface area contributed by atoms with Crippen LogP contribution in [0.25, 0.3) is 11.1 Å². The summed E-state index contributed by atoms with van der Waals surface area (Å²) in [5.41, 5.74) is 9.98. The second-order valence-corrected chi connectivity index (χ2v) is 36.3. The van der Waals surface area contributed by atoms with E-state index >= 15 is 0 Å². The first-order chi connectivity index (χ1) is 66.7. The zero-order valence-electron chi connectivity index (χ0n) is 82.7. The molecular formula is C120H160O15. The molecule has 0 aliphatic heterocycles. The normalized spacial score (nSPS) is 11.2. The van der Waals surface area contributed by atoms with Crippen LogP contribution in [0.1, 0.15) is 339 Å². The van der Waals surface area contributed by atoms with Crippen molar-refractivity contribution in [2.24, 2.45) is 0 Å². The van der Waals surface area contributed by atoms with Crippen molar-refractivity contribution in [1.29, 1.82) is 0 Å². The Balaban J connectivity index is 0.737. The Morgan fingerprint density at radius 3 is 0.689 bits per heavy atom. The van der Waals surface area contributed by atoms with E-state index in [1.807, 2.05) is 164 Å². The van der Waals surface area contributed by atoms with Crippen LogP contribution in [-0.2, 0) is 62.3 Å². The van der Waals surface area contributed by atoms with E-state index in [0.29, 0.717) is 97.8 Å². The van der Waals surface area contributed by atoms with E-state index in [2.05, 4.69) is 76.2 Å². The number of hydrogen-bond donors (Lipinski definition) is 0. The van der Waals surface area contributed by atoms with Crippen LogP contribution in [-0.4, -0.2) is 52.7 Å². The SMILES string of the molecule is CCCCCCCCCCCCOc1ccc(COc2ccc(COc3ccc(COc4cc(OCc5ccc(OCc6ccc(OCc7ccc(OCCCCCCCCCCCC)cc7)c(OCc7ccc(OCCCCCCCCCCCC)cc7)c6)cc5)cc(-c5ccc(C(=O)OCCOC)cc5)c4)cc3)cc2OCc2ccc(OCCCCCCCCCCCC)cc2)cc1. The van der Waals surface area contributed by atoms with Gasteiger partial charge in [-0.05, 0) is 203 Å². The molecule has 0 aliphatic carbocycles. The van der Waals surface area contributed by atoms with Gasteiger partial charge in [-0.2, -0.15) is 0 Å². The first-order valence-electron chi connectivity index (χ1n) is 51.9. The summed E-state index contributed by atoms with van der Waals surface area (Å²) in [5, 5.41) is 0. The summed E-state index contributed by atoms with van der Waals surface area (Å²) < 4.78 is 87.6. The summed E-state index contributed by atoms with van der Waals surface area (Å²) in [5.74, 6) is 8.21. The number of carbonyl (C=O) groups is 1. The zero-order valence-corrected chi connectivity index (χ0v) is 82.7. The third-order valence-electron chi connectivity index (χ3n) is 24.7. The van der Waals surface area contributed by atoms with Crippen LogP contribution < -0.4 is 56.8 Å². The van der Waals surface area contributed by atoms with E-state index < -0.39 is 5.97 Å². The van der Waals surface area contributed by atoms with Crippen LogP contribution >= 0.6 is 0 Å². The molecule has 135 heavy (non-hydrogen) atoms. The molecule has 0 N–H and O–H groups in total. The Bertz CT molecular complexity index is 4460. The largest absolute Gasteiger partial charge is 0.494 e. The molecule has 0 atom stereocenters. The molecule has 0 heterocycles. The van der Waals surface area contributed by atoms with Gasteiger partial charge >= 0.3 is 5.97 Å². The fourth-order valence-corrected chi connectivity index (χ4v) is 16.3. The van der Waals surface area contributed by atoms with Gasteiger partial charge in [-0.1, -0.05) is 356 Å². The van der Waals surface area contributed by atoms with Crippen LogP contribution in [0.5, 0.6) is 69.0 Å². The zero-order chi connectivity index (χ0) is 94.1. The molecule has 15 heteroatoms. The predicted octanol–water partition coefficient (Wildman–Crippen LogP) is 33.0. The van der Waals surface area contributed by atoms with Crippen LogP contribution in [0.15, 0.2) is 224 Å². The van der Waals surface area contributed by atoms with E-state index in [4.69, 9.17) is 66.3 Å². The third kappa shape index (κ3) is 44.3. The molecule has 10 rings (SSSR count). The highest BCUT2D eigenvalue weighted by molar-refractivity contribution is 5.90. The highest BCUT2D eigenvalue weighted by Gasteiger charge is 2.17. The Hall–Kier alpha value is -10.8. The maximum atomic E-state index is 13.0. The molecule has 15 nitrogen and oxygen atoms in total. The second-order valence-electron chi connectivity index (χ2n) is 36.3. The van der Waals surface area contributed by atoms with Crippen molar-refractivity contribution in [3.63, 3.8) is 0 Å². The van der Waals surface area contributed by atoms with Crippen molar-refractivity contribution in [3.05, 3.63) is 275 Å². The third-order valence-corrected chi connectivity index (χ3v) is 24.7. The number of methoxy groups -OCH3 is 1. The van der Waals surface area contributed by atoms with Crippen molar-refractivity contribution >= 4 is 5.97 Å². The number of carbonyl (C=O) groups excluding carboxylic acids is 1. The summed E-state index contributed by atoms with van der Waals surface area (Å²) in [4.78, 5) is 13.0. The lowest BCUT2D eigenvalue weighted by Gasteiger charge is -2.16. The average Bonchev–Trinajstić information content (AvgIpc) is 0.822. The standard InChI is InChI=1S/C120H160O15/c1-6-10-14-18-22-26-30-34-38-42-78-123-108-64-46-99(47-65-108)91-132-116-76-58-103(84-118(116)134-93-101-50-68-110(69-51-101)125-80-44-40-36-32-28-24-20-16-12-8-3)95-128-112-72-54-97(55-73-112)89-130-114-86-107(105-60-62-106(63-61-105)120(121)127-83-82-122-5)87-115(88-114)131-90-98-56-74-113(75-57-98)129-96-104-59-77-117(133-92-100-48-66-109(67-49-100)124-79-43-39-35-31-27-23-19-15-11-7-2)119(85-104)135-94-102-52-70-111(71-53-102)126-81-45-41-37-33-29-25-21-17-13-9-4/h46-77,84-88H,6-45,78-83,89-96H2,1-5H3. The van der Waals surface area contributed by atoms with E-state index in [1.165, 1.54) is 231 Å². The topological polar surface area (TPSA) is 146 Å². The van der Waals surface area contributed by atoms with Gasteiger partial charge in [0.05, 0.1) is 38.6 Å². The molecule has 730 valence electrons. The summed E-state index contributed by atoms with van der Waals surface area (Å²) >= 11 is 0. The van der Waals surface area contributed by atoms with Crippen LogP contribution in [0.2, 0.25) is 0 Å². The van der Waals surface area contributed by atoms with Gasteiger partial charge in [-0.15, -0.1) is 0 Å². The summed E-state index contributed by atoms with van der Waals surface area (Å²) in [6.45, 7) is 15.0. The van der Waals surface area contributed by atoms with Crippen molar-refractivity contribution in [1.82, 2.24) is 0 Å². The monoisotopic (exact) mass is 1840 g/mol. The molecule has 0 radical (unpaired) electrons. The smallest absolute Gasteiger partial charge is 0.338 e. The number of unbranched alkanes of at least 4 members (excludes halogenated alkanes) is 36. The maximum Gasteiger partial charge on any atom is 0.338 e. The molecule has 0 saturated heterocycles. The Morgan fingerprint density at radius 2 is 0.415 bits per heavy atom. The highest BCUT2D eigenvalue weighted by Crippen LogP contribution is 2.37. The lowest BCUT2D eigenvalue weighted by atomic mass is 10.0. The molecule has 0 unspecified atom stereocenters. The van der Waals surface area contributed by atoms with E-state index in [-0.39, 0.29) is 19.8 Å². The Morgan fingerprint density at radius 1 is 0.185 bits per heavy atom. The molecule has 0 fully saturated rings. The maximum absolute atomic E-state index is 13.0. The van der Waals surface area contributed by atoms with Gasteiger partial charge in [-0.3, -0.25) is 0 Å². The molecule has 10 aromatic rings. The first kappa shape index (κ1) is 106. The number of benzene rings is 10. The molecule has 0 amide bonds. The molecule has 0 saturated carbocycles. The average molecular weight is 1840 g/mol. The van der Waals surface area contributed by atoms with Gasteiger partial charge in [0.25, 0.3) is 0 Å². The van der Waals surface area contributed by atoms with Gasteiger partial charge in [0.1, 0.15) is 105 Å². The van der Waals surface area contributed by atoms with Gasteiger partial charge in [0, 0.05) is 13.2 Å². The number of esters is 1. The van der Waals surface area contributed by atoms with Crippen molar-refractivity contribution < 1.29 is 71.1 Å². The fraction of sp³-hybridized carbons (Fsp3) is 0.492. The second kappa shape index (κ2) is 66.6. The van der Waals surface area contributed by atoms with E-state index in [0.717, 1.165) is 131 Å². The lowest BCUT2D eigenvalue weighted by molar-refractivity contribution is 0.0388. The number of rotatable bonds is 77. The summed E-state index contributed by atoms with van der Waals surface area (Å²) in [7, 11) is 1.57. The van der Waals surface area contributed by atoms with E-state index in [9.17, 15) is 4.79 Å². The highest BCUT2D eigenvalue weighted by atomic mass is 16.6. The molecule has 10 aromatic carbocycles. The minimum Gasteiger partial charge on any atom is -0.494 e. The molecule has 0 aromatic heterocycles. The minimum atomic E-state index is -0.422. The number of ether oxygens (including phenoxy) is 14. The van der Waals surface area contributed by atoms with Gasteiger partial charge in [0.2, 0.25) is 0 Å². The van der Waals surface area contributed by atoms with Crippen molar-refractivity contribution in [2.75, 3.05) is 46.8 Å². The number of hydrogen-bond acceptors (Lipinski definition) is 15. The Kier molecular flexibility index (Phi) is 52.5. The van der Waals surface area contributed by atoms with Gasteiger partial charge < -0.3 is 66.3 Å². The van der Waals surface area contributed by atoms with Crippen molar-refractivity contribution in [2.45, 2.75) is 337 Å². The quantitative estimate of drug-likeness (QED) is 0.0263. The molecule has 0 bridgehead atoms. The predicted molar refractivity (Wildman–Crippen MR) is 550 cm³/mol. The van der Waals surface area contributed by atoms with Crippen molar-refractivity contribution in [3.8, 4) is 80.1 Å². The van der Waals surface area contributed by atoms with Gasteiger partial charge in [-0.25, -0.2) is 4.79 Å². The molecular weight excluding hydrogens is 1680 g/mol. The molecule has 0 aliphatic rings.